The topological polar surface area (TPSA) is 51.1 Å². The first-order valence-electron chi connectivity index (χ1n) is 8.66. The standard InChI is InChI=1S/C20H19ClF2N2O3/c1-27-12-20(26)25(10-13-6-7-14(22)8-18(13)23)11-15-9-19(24-28-15)16-4-2-3-5-17(16)21/h2-8,15H,9-12H2,1H3/t15-/m1/s1. The molecule has 0 aromatic heterocycles. The lowest BCUT2D eigenvalue weighted by atomic mass is 10.0. The second-order valence-corrected chi connectivity index (χ2v) is 6.80. The molecule has 1 amide bonds. The fraction of sp³-hybridized carbons (Fsp3) is 0.300. The Kier molecular flexibility index (Phi) is 6.59. The molecule has 0 aliphatic carbocycles. The molecule has 0 saturated carbocycles. The number of nitrogens with zero attached hydrogens (tertiary/aromatic N) is 2. The van der Waals surface area contributed by atoms with Crippen molar-refractivity contribution in [3.8, 4) is 0 Å². The van der Waals surface area contributed by atoms with E-state index in [1.165, 1.54) is 18.1 Å². The zero-order valence-corrected chi connectivity index (χ0v) is 16.0. The molecule has 3 rings (SSSR count). The Morgan fingerprint density at radius 2 is 2.11 bits per heavy atom. The Balaban J connectivity index is 1.70. The van der Waals surface area contributed by atoms with Crippen LogP contribution < -0.4 is 0 Å². The van der Waals surface area contributed by atoms with E-state index in [2.05, 4.69) is 5.16 Å². The van der Waals surface area contributed by atoms with Crippen molar-refractivity contribution in [2.75, 3.05) is 20.3 Å². The summed E-state index contributed by atoms with van der Waals surface area (Å²) in [6, 6.07) is 10.5. The van der Waals surface area contributed by atoms with Gasteiger partial charge in [0.25, 0.3) is 0 Å². The molecule has 1 aliphatic heterocycles. The first-order valence-corrected chi connectivity index (χ1v) is 9.04. The second kappa shape index (κ2) is 9.12. The summed E-state index contributed by atoms with van der Waals surface area (Å²) < 4.78 is 32.1. The van der Waals surface area contributed by atoms with Gasteiger partial charge in [0.2, 0.25) is 5.91 Å². The smallest absolute Gasteiger partial charge is 0.248 e. The van der Waals surface area contributed by atoms with Gasteiger partial charge in [0.05, 0.1) is 12.3 Å². The molecule has 2 aromatic rings. The molecule has 0 N–H and O–H groups in total. The van der Waals surface area contributed by atoms with Crippen molar-refractivity contribution in [3.63, 3.8) is 0 Å². The zero-order valence-electron chi connectivity index (χ0n) is 15.2. The van der Waals surface area contributed by atoms with Crippen LogP contribution in [-0.4, -0.2) is 42.9 Å². The third-order valence-corrected chi connectivity index (χ3v) is 4.67. The molecule has 0 unspecified atom stereocenters. The Bertz CT molecular complexity index is 892. The molecule has 1 aliphatic rings. The van der Waals surface area contributed by atoms with Gasteiger partial charge in [-0.15, -0.1) is 0 Å². The summed E-state index contributed by atoms with van der Waals surface area (Å²) in [6.45, 7) is -0.0141. The molecule has 28 heavy (non-hydrogen) atoms. The van der Waals surface area contributed by atoms with E-state index in [-0.39, 0.29) is 31.2 Å². The van der Waals surface area contributed by atoms with E-state index in [1.54, 1.807) is 6.07 Å². The van der Waals surface area contributed by atoms with E-state index in [9.17, 15) is 13.6 Å². The predicted molar refractivity (Wildman–Crippen MR) is 101 cm³/mol. The molecule has 0 spiro atoms. The summed E-state index contributed by atoms with van der Waals surface area (Å²) in [5.41, 5.74) is 1.66. The number of methoxy groups -OCH3 is 1. The Hall–Kier alpha value is -2.51. The van der Waals surface area contributed by atoms with Crippen molar-refractivity contribution < 1.29 is 23.1 Å². The van der Waals surface area contributed by atoms with Crippen molar-refractivity contribution in [3.05, 3.63) is 70.2 Å². The minimum Gasteiger partial charge on any atom is -0.390 e. The summed E-state index contributed by atoms with van der Waals surface area (Å²) in [5, 5.41) is 4.64. The summed E-state index contributed by atoms with van der Waals surface area (Å²) >= 11 is 6.20. The Morgan fingerprint density at radius 3 is 2.82 bits per heavy atom. The number of rotatable bonds is 7. The first-order chi connectivity index (χ1) is 13.5. The molecule has 1 heterocycles. The SMILES string of the molecule is COCC(=O)N(Cc1ccc(F)cc1F)C[C@H]1CC(c2ccccc2Cl)=NO1. The van der Waals surface area contributed by atoms with E-state index in [4.69, 9.17) is 21.2 Å². The van der Waals surface area contributed by atoms with E-state index in [0.29, 0.717) is 17.2 Å². The van der Waals surface area contributed by atoms with E-state index < -0.39 is 17.7 Å². The fourth-order valence-corrected chi connectivity index (χ4v) is 3.20. The summed E-state index contributed by atoms with van der Waals surface area (Å²) in [4.78, 5) is 19.3. The van der Waals surface area contributed by atoms with Crippen LogP contribution in [0.3, 0.4) is 0 Å². The number of hydrogen-bond donors (Lipinski definition) is 0. The van der Waals surface area contributed by atoms with Crippen LogP contribution in [0.5, 0.6) is 0 Å². The van der Waals surface area contributed by atoms with Crippen LogP contribution in [0.2, 0.25) is 5.02 Å². The highest BCUT2D eigenvalue weighted by Crippen LogP contribution is 2.24. The van der Waals surface area contributed by atoms with Gasteiger partial charge in [0.15, 0.2) is 6.10 Å². The second-order valence-electron chi connectivity index (χ2n) is 6.39. The quantitative estimate of drug-likeness (QED) is 0.700. The summed E-state index contributed by atoms with van der Waals surface area (Å²) in [6.07, 6.45) is 0.0439. The maximum atomic E-state index is 14.0. The average molecular weight is 409 g/mol. The normalized spacial score (nSPS) is 15.9. The van der Waals surface area contributed by atoms with Crippen LogP contribution in [0.25, 0.3) is 0 Å². The number of carbonyl (C=O) groups excluding carboxylic acids is 1. The Morgan fingerprint density at radius 1 is 1.32 bits per heavy atom. The van der Waals surface area contributed by atoms with Crippen LogP contribution >= 0.6 is 11.6 Å². The lowest BCUT2D eigenvalue weighted by Crippen LogP contribution is -2.39. The lowest BCUT2D eigenvalue weighted by Gasteiger charge is -2.25. The molecule has 2 aromatic carbocycles. The highest BCUT2D eigenvalue weighted by atomic mass is 35.5. The largest absolute Gasteiger partial charge is 0.390 e. The molecule has 0 bridgehead atoms. The molecule has 0 radical (unpaired) electrons. The molecule has 1 atom stereocenters. The van der Waals surface area contributed by atoms with Crippen LogP contribution in [0.1, 0.15) is 17.5 Å². The maximum absolute atomic E-state index is 14.0. The van der Waals surface area contributed by atoms with Crippen molar-refractivity contribution in [1.29, 1.82) is 0 Å². The summed E-state index contributed by atoms with van der Waals surface area (Å²) in [7, 11) is 1.40. The van der Waals surface area contributed by atoms with Gasteiger partial charge in [-0.25, -0.2) is 8.78 Å². The summed E-state index contributed by atoms with van der Waals surface area (Å²) in [5.74, 6) is -1.72. The predicted octanol–water partition coefficient (Wildman–Crippen LogP) is 3.79. The van der Waals surface area contributed by atoms with Gasteiger partial charge in [0, 0.05) is 42.3 Å². The fourth-order valence-electron chi connectivity index (χ4n) is 2.95. The molecule has 148 valence electrons. The van der Waals surface area contributed by atoms with Gasteiger partial charge in [-0.2, -0.15) is 0 Å². The molecular weight excluding hydrogens is 390 g/mol. The van der Waals surface area contributed by atoms with Crippen LogP contribution in [0.15, 0.2) is 47.6 Å². The zero-order chi connectivity index (χ0) is 20.1. The highest BCUT2D eigenvalue weighted by Gasteiger charge is 2.28. The van der Waals surface area contributed by atoms with Gasteiger partial charge < -0.3 is 14.5 Å². The van der Waals surface area contributed by atoms with E-state index in [1.807, 2.05) is 18.2 Å². The number of halogens is 3. The monoisotopic (exact) mass is 408 g/mol. The first kappa shape index (κ1) is 20.2. The minimum absolute atomic E-state index is 0.0321. The minimum atomic E-state index is -0.712. The maximum Gasteiger partial charge on any atom is 0.248 e. The van der Waals surface area contributed by atoms with Crippen molar-refractivity contribution in [2.24, 2.45) is 5.16 Å². The van der Waals surface area contributed by atoms with Gasteiger partial charge in [-0.3, -0.25) is 4.79 Å². The third-order valence-electron chi connectivity index (χ3n) is 4.34. The number of amides is 1. The highest BCUT2D eigenvalue weighted by molar-refractivity contribution is 6.34. The van der Waals surface area contributed by atoms with E-state index in [0.717, 1.165) is 17.7 Å². The van der Waals surface area contributed by atoms with Gasteiger partial charge in [-0.05, 0) is 12.1 Å². The lowest BCUT2D eigenvalue weighted by molar-refractivity contribution is -0.137. The molecular formula is C20H19ClF2N2O3. The molecule has 8 heteroatoms. The number of ether oxygens (including phenoxy) is 1. The number of carbonyl (C=O) groups is 1. The van der Waals surface area contributed by atoms with Crippen LogP contribution in [-0.2, 0) is 20.9 Å². The Labute approximate surface area is 166 Å². The number of hydrogen-bond acceptors (Lipinski definition) is 4. The average Bonchev–Trinajstić information content (AvgIpc) is 3.12. The van der Waals surface area contributed by atoms with Gasteiger partial charge in [0.1, 0.15) is 18.2 Å². The third kappa shape index (κ3) is 4.85. The molecule has 5 nitrogen and oxygen atoms in total. The van der Waals surface area contributed by atoms with E-state index >= 15 is 0 Å². The molecule has 0 saturated heterocycles. The van der Waals surface area contributed by atoms with Gasteiger partial charge in [-0.1, -0.05) is 41.0 Å². The number of benzene rings is 2. The van der Waals surface area contributed by atoms with Gasteiger partial charge >= 0.3 is 0 Å². The van der Waals surface area contributed by atoms with Crippen LogP contribution in [0, 0.1) is 11.6 Å². The molecule has 0 fully saturated rings. The van der Waals surface area contributed by atoms with Crippen molar-refractivity contribution in [2.45, 2.75) is 19.1 Å². The van der Waals surface area contributed by atoms with Crippen molar-refractivity contribution in [1.82, 2.24) is 4.90 Å². The van der Waals surface area contributed by atoms with Crippen LogP contribution in [0.4, 0.5) is 8.78 Å². The van der Waals surface area contributed by atoms with Crippen molar-refractivity contribution >= 4 is 23.2 Å². The number of oxime groups is 1.